The number of anilines is 1. The van der Waals surface area contributed by atoms with Crippen molar-refractivity contribution in [2.75, 3.05) is 18.0 Å². The van der Waals surface area contributed by atoms with Crippen LogP contribution in [-0.4, -0.2) is 34.7 Å². The Balaban J connectivity index is 1.54. The molecule has 0 spiro atoms. The summed E-state index contributed by atoms with van der Waals surface area (Å²) in [5, 5.41) is 21.6. The van der Waals surface area contributed by atoms with Crippen LogP contribution in [0.1, 0.15) is 4.88 Å². The van der Waals surface area contributed by atoms with E-state index in [1.54, 1.807) is 18.2 Å². The molecule has 3 heterocycles. The van der Waals surface area contributed by atoms with Gasteiger partial charge in [0.2, 0.25) is 0 Å². The zero-order chi connectivity index (χ0) is 28.7. The number of fused-ring (bicyclic) bond motifs is 1. The average molecular weight is 592 g/mol. The average Bonchev–Trinajstić information content (AvgIpc) is 3.50. The number of ether oxygens (including phenoxy) is 1. The molecule has 2 aromatic heterocycles. The predicted octanol–water partition coefficient (Wildman–Crippen LogP) is 7.73. The number of nitrogens with zero attached hydrogens (tertiary/aromatic N) is 3. The summed E-state index contributed by atoms with van der Waals surface area (Å²) < 4.78 is 46.5. The minimum atomic E-state index is -2.93. The lowest BCUT2D eigenvalue weighted by molar-refractivity contribution is -0.142. The van der Waals surface area contributed by atoms with E-state index in [1.165, 1.54) is 47.6 Å². The molecule has 3 aromatic carbocycles. The van der Waals surface area contributed by atoms with Crippen molar-refractivity contribution in [3.05, 3.63) is 88.9 Å². The third-order valence-corrected chi connectivity index (χ3v) is 8.75. The van der Waals surface area contributed by atoms with Gasteiger partial charge in [-0.3, -0.25) is 8.77 Å². The molecule has 0 unspecified atom stereocenters. The molecule has 0 amide bonds. The van der Waals surface area contributed by atoms with Gasteiger partial charge in [-0.25, -0.2) is 4.39 Å². The van der Waals surface area contributed by atoms with Crippen LogP contribution in [0.25, 0.3) is 33.3 Å². The molecule has 6 rings (SSSR count). The molecule has 0 aliphatic carbocycles. The Morgan fingerprint density at radius 2 is 1.88 bits per heavy atom. The van der Waals surface area contributed by atoms with Gasteiger partial charge in [-0.05, 0) is 78.0 Å². The fourth-order valence-corrected chi connectivity index (χ4v) is 6.64. The topological polar surface area (TPSA) is 78.5 Å². The van der Waals surface area contributed by atoms with Crippen molar-refractivity contribution in [2.24, 2.45) is 5.92 Å². The highest BCUT2D eigenvalue weighted by Crippen LogP contribution is 2.47. The van der Waals surface area contributed by atoms with Gasteiger partial charge in [0.15, 0.2) is 0 Å². The Hall–Kier alpha value is -4.40. The van der Waals surface area contributed by atoms with Crippen LogP contribution in [0.3, 0.4) is 0 Å². The molecule has 0 bridgehead atoms. The zero-order valence-corrected chi connectivity index (χ0v) is 22.8. The normalized spacial score (nSPS) is 13.4. The van der Waals surface area contributed by atoms with Crippen molar-refractivity contribution in [3.8, 4) is 34.2 Å². The van der Waals surface area contributed by atoms with Crippen LogP contribution < -0.4 is 9.64 Å². The van der Waals surface area contributed by atoms with Crippen LogP contribution >= 0.6 is 23.3 Å². The third-order valence-electron chi connectivity index (χ3n) is 6.88. The van der Waals surface area contributed by atoms with Crippen LogP contribution in [-0.2, 0) is 4.79 Å². The molecule has 1 N–H and O–H groups in total. The van der Waals surface area contributed by atoms with E-state index in [9.17, 15) is 28.3 Å². The van der Waals surface area contributed by atoms with E-state index in [0.29, 0.717) is 40.0 Å². The maximum absolute atomic E-state index is 14.7. The molecule has 206 valence electrons. The fourth-order valence-electron chi connectivity index (χ4n) is 4.94. The van der Waals surface area contributed by atoms with Gasteiger partial charge in [0.05, 0.1) is 17.1 Å². The van der Waals surface area contributed by atoms with Crippen molar-refractivity contribution >= 4 is 45.8 Å². The molecule has 0 saturated carbocycles. The minimum absolute atomic E-state index is 0.0311. The number of aliphatic carboxylic acids is 1. The highest BCUT2D eigenvalue weighted by Gasteiger charge is 2.33. The maximum Gasteiger partial charge on any atom is 0.387 e. The Morgan fingerprint density at radius 1 is 1.10 bits per heavy atom. The van der Waals surface area contributed by atoms with Crippen LogP contribution in [0, 0.1) is 23.1 Å². The van der Waals surface area contributed by atoms with Crippen LogP contribution in [0.15, 0.2) is 83.1 Å². The highest BCUT2D eigenvalue weighted by atomic mass is 32.2. The van der Waals surface area contributed by atoms with Gasteiger partial charge < -0.3 is 14.7 Å². The van der Waals surface area contributed by atoms with E-state index < -0.39 is 24.3 Å². The number of carboxylic acids is 1. The third kappa shape index (κ3) is 5.12. The number of thiophene rings is 1. The summed E-state index contributed by atoms with van der Waals surface area (Å²) in [4.78, 5) is 14.5. The largest absolute Gasteiger partial charge is 0.481 e. The molecular formula is C30H20F3N3O3S2. The summed E-state index contributed by atoms with van der Waals surface area (Å²) in [5.74, 6) is -1.66. The Morgan fingerprint density at radius 3 is 2.59 bits per heavy atom. The first-order valence-corrected chi connectivity index (χ1v) is 14.1. The van der Waals surface area contributed by atoms with Gasteiger partial charge in [0.1, 0.15) is 22.5 Å². The summed E-state index contributed by atoms with van der Waals surface area (Å²) in [6, 6.07) is 22.5. The smallest absolute Gasteiger partial charge is 0.387 e. The van der Waals surface area contributed by atoms with Crippen LogP contribution in [0.5, 0.6) is 5.75 Å². The summed E-state index contributed by atoms with van der Waals surface area (Å²) in [6.45, 7) is -2.15. The molecule has 1 saturated heterocycles. The number of halogens is 3. The lowest BCUT2D eigenvalue weighted by Crippen LogP contribution is -2.50. The highest BCUT2D eigenvalue weighted by molar-refractivity contribution is 7.98. The second-order valence-electron chi connectivity index (χ2n) is 9.39. The number of nitriles is 1. The predicted molar refractivity (Wildman–Crippen MR) is 153 cm³/mol. The summed E-state index contributed by atoms with van der Waals surface area (Å²) >= 11 is 2.62. The van der Waals surface area contributed by atoms with E-state index in [2.05, 4.69) is 10.8 Å². The lowest BCUT2D eigenvalue weighted by atomic mass is 9.96. The Kier molecular flexibility index (Phi) is 7.11. The second kappa shape index (κ2) is 10.9. The molecule has 5 aromatic rings. The van der Waals surface area contributed by atoms with Crippen molar-refractivity contribution in [1.29, 1.82) is 5.26 Å². The standard InChI is InChI=1S/C30H20F3N3O3S2/c31-19-4-9-25-24(13-19)27(23-10-11-40-26(23)14-34)28(36(25)41-22-7-5-21(6-8-22)39-30(32)33)17-2-1-3-20(12-17)35-15-18(16-35)29(37)38/h1-13,18,30H,15-16H2,(H,37,38). The first-order valence-electron chi connectivity index (χ1n) is 12.5. The fraction of sp³-hybridized carbons (Fsp3) is 0.133. The number of hydrogen-bond acceptors (Lipinski definition) is 6. The quantitative estimate of drug-likeness (QED) is 0.199. The molecule has 41 heavy (non-hydrogen) atoms. The monoisotopic (exact) mass is 591 g/mol. The number of carboxylic acid groups (broad SMARTS) is 1. The van der Waals surface area contributed by atoms with Gasteiger partial charge in [-0.15, -0.1) is 11.3 Å². The van der Waals surface area contributed by atoms with E-state index >= 15 is 0 Å². The minimum Gasteiger partial charge on any atom is -0.481 e. The number of aromatic nitrogens is 1. The van der Waals surface area contributed by atoms with E-state index in [-0.39, 0.29) is 5.75 Å². The number of alkyl halides is 2. The Labute approximate surface area is 241 Å². The van der Waals surface area contributed by atoms with Crippen molar-refractivity contribution in [3.63, 3.8) is 0 Å². The van der Waals surface area contributed by atoms with Crippen LogP contribution in [0.4, 0.5) is 18.9 Å². The van der Waals surface area contributed by atoms with Crippen molar-refractivity contribution < 1.29 is 27.8 Å². The maximum atomic E-state index is 14.7. The number of carbonyl (C=O) groups is 1. The van der Waals surface area contributed by atoms with Gasteiger partial charge in [-0.2, -0.15) is 14.0 Å². The molecule has 1 fully saturated rings. The molecule has 1 aliphatic heterocycles. The summed E-state index contributed by atoms with van der Waals surface area (Å²) in [6.07, 6.45) is 0. The first kappa shape index (κ1) is 26.8. The van der Waals surface area contributed by atoms with Gasteiger partial charge in [-0.1, -0.05) is 12.1 Å². The molecular weight excluding hydrogens is 571 g/mol. The second-order valence-corrected chi connectivity index (χ2v) is 11.3. The molecule has 6 nitrogen and oxygen atoms in total. The zero-order valence-electron chi connectivity index (χ0n) is 21.1. The van der Waals surface area contributed by atoms with Crippen molar-refractivity contribution in [2.45, 2.75) is 11.5 Å². The molecule has 1 aliphatic rings. The SMILES string of the molecule is N#Cc1sccc1-c1c(-c2cccc(N3CC(C(=O)O)C3)c2)n(Sc2ccc(OC(F)F)cc2)c2ccc(F)cc12. The molecule has 11 heteroatoms. The van der Waals surface area contributed by atoms with Gasteiger partial charge in [0.25, 0.3) is 0 Å². The summed E-state index contributed by atoms with van der Waals surface area (Å²) in [5.41, 5.74) is 4.40. The number of benzene rings is 3. The summed E-state index contributed by atoms with van der Waals surface area (Å²) in [7, 11) is 0. The molecule has 0 atom stereocenters. The van der Waals surface area contributed by atoms with E-state index in [4.69, 9.17) is 0 Å². The molecule has 0 radical (unpaired) electrons. The van der Waals surface area contributed by atoms with Crippen molar-refractivity contribution in [1.82, 2.24) is 3.97 Å². The number of rotatable bonds is 8. The van der Waals surface area contributed by atoms with Gasteiger partial charge >= 0.3 is 12.6 Å². The van der Waals surface area contributed by atoms with E-state index in [1.807, 2.05) is 44.6 Å². The first-order chi connectivity index (χ1) is 19.8. The Bertz CT molecular complexity index is 1810. The number of hydrogen-bond donors (Lipinski definition) is 1. The van der Waals surface area contributed by atoms with Gasteiger partial charge in [0, 0.05) is 45.7 Å². The van der Waals surface area contributed by atoms with Crippen LogP contribution in [0.2, 0.25) is 0 Å². The van der Waals surface area contributed by atoms with E-state index in [0.717, 1.165) is 21.8 Å². The lowest BCUT2D eigenvalue weighted by Gasteiger charge is -2.38.